The van der Waals surface area contributed by atoms with Crippen molar-refractivity contribution in [2.45, 2.75) is 46.9 Å². The third-order valence-corrected chi connectivity index (χ3v) is 2.49. The van der Waals surface area contributed by atoms with Crippen LogP contribution in [0.2, 0.25) is 0 Å². The van der Waals surface area contributed by atoms with Crippen LogP contribution in [-0.2, 0) is 22.6 Å². The Hall–Kier alpha value is -0.840. The first-order valence-corrected chi connectivity index (χ1v) is 7.03. The van der Waals surface area contributed by atoms with Gasteiger partial charge in [0.2, 0.25) is 0 Å². The number of nitrogens with one attached hydrogen (secondary N) is 1. The molecule has 110 valence electrons. The molecule has 0 aliphatic rings. The van der Waals surface area contributed by atoms with Crippen molar-refractivity contribution in [2.24, 2.45) is 5.92 Å². The first-order valence-electron chi connectivity index (χ1n) is 7.03. The first kappa shape index (κ1) is 16.2. The van der Waals surface area contributed by atoms with Crippen molar-refractivity contribution < 1.29 is 13.9 Å². The fraction of sp³-hybridized carbons (Fsp3) is 0.733. The quantitative estimate of drug-likeness (QED) is 0.663. The van der Waals surface area contributed by atoms with Gasteiger partial charge in [-0.2, -0.15) is 0 Å². The SMILES string of the molecule is CC(C)COCCOCc1cc(CNC(C)C)co1. The van der Waals surface area contributed by atoms with Crippen molar-refractivity contribution in [1.29, 1.82) is 0 Å². The molecule has 0 aliphatic heterocycles. The Morgan fingerprint density at radius 2 is 1.89 bits per heavy atom. The Kier molecular flexibility index (Phi) is 7.79. The van der Waals surface area contributed by atoms with Crippen molar-refractivity contribution in [2.75, 3.05) is 19.8 Å². The summed E-state index contributed by atoms with van der Waals surface area (Å²) in [6.45, 7) is 11.9. The first-order chi connectivity index (χ1) is 9.08. The van der Waals surface area contributed by atoms with E-state index in [1.807, 2.05) is 6.07 Å². The summed E-state index contributed by atoms with van der Waals surface area (Å²) in [6.07, 6.45) is 1.78. The second-order valence-corrected chi connectivity index (χ2v) is 5.48. The van der Waals surface area contributed by atoms with Crippen LogP contribution in [0.25, 0.3) is 0 Å². The molecule has 0 aliphatic carbocycles. The lowest BCUT2D eigenvalue weighted by Crippen LogP contribution is -2.21. The highest BCUT2D eigenvalue weighted by atomic mass is 16.5. The maximum Gasteiger partial charge on any atom is 0.129 e. The summed E-state index contributed by atoms with van der Waals surface area (Å²) in [6, 6.07) is 2.51. The van der Waals surface area contributed by atoms with Gasteiger partial charge in [0.15, 0.2) is 0 Å². The van der Waals surface area contributed by atoms with E-state index in [9.17, 15) is 0 Å². The standard InChI is InChI=1S/C15H27NO3/c1-12(2)9-17-5-6-18-11-15-7-14(10-19-15)8-16-13(3)4/h7,10,12-13,16H,5-6,8-9,11H2,1-4H3. The Morgan fingerprint density at radius 1 is 1.16 bits per heavy atom. The maximum absolute atomic E-state index is 5.50. The summed E-state index contributed by atoms with van der Waals surface area (Å²) >= 11 is 0. The average molecular weight is 269 g/mol. The van der Waals surface area contributed by atoms with Crippen LogP contribution in [0.15, 0.2) is 16.7 Å². The molecule has 1 rings (SSSR count). The third kappa shape index (κ3) is 8.03. The third-order valence-electron chi connectivity index (χ3n) is 2.49. The molecule has 1 heterocycles. The van der Waals surface area contributed by atoms with Crippen molar-refractivity contribution in [1.82, 2.24) is 5.32 Å². The van der Waals surface area contributed by atoms with Gasteiger partial charge < -0.3 is 19.2 Å². The molecule has 0 radical (unpaired) electrons. The Bertz CT molecular complexity index is 334. The van der Waals surface area contributed by atoms with Crippen LogP contribution >= 0.6 is 0 Å². The van der Waals surface area contributed by atoms with Crippen molar-refractivity contribution in [3.05, 3.63) is 23.7 Å². The van der Waals surface area contributed by atoms with Gasteiger partial charge in [-0.1, -0.05) is 27.7 Å². The van der Waals surface area contributed by atoms with E-state index in [1.165, 1.54) is 0 Å². The highest BCUT2D eigenvalue weighted by Gasteiger charge is 2.03. The molecule has 19 heavy (non-hydrogen) atoms. The molecular weight excluding hydrogens is 242 g/mol. The number of rotatable bonds is 10. The Labute approximate surface area is 116 Å². The molecule has 1 N–H and O–H groups in total. The Morgan fingerprint density at radius 3 is 2.58 bits per heavy atom. The van der Waals surface area contributed by atoms with E-state index in [-0.39, 0.29) is 0 Å². The molecular formula is C15H27NO3. The topological polar surface area (TPSA) is 43.6 Å². The van der Waals surface area contributed by atoms with Crippen molar-refractivity contribution >= 4 is 0 Å². The van der Waals surface area contributed by atoms with Gasteiger partial charge >= 0.3 is 0 Å². The fourth-order valence-corrected chi connectivity index (χ4v) is 1.53. The van der Waals surface area contributed by atoms with Crippen LogP contribution in [0.1, 0.15) is 39.0 Å². The predicted molar refractivity (Wildman–Crippen MR) is 76.0 cm³/mol. The summed E-state index contributed by atoms with van der Waals surface area (Å²) in [7, 11) is 0. The zero-order chi connectivity index (χ0) is 14.1. The smallest absolute Gasteiger partial charge is 0.129 e. The second-order valence-electron chi connectivity index (χ2n) is 5.48. The van der Waals surface area contributed by atoms with Crippen molar-refractivity contribution in [3.63, 3.8) is 0 Å². The van der Waals surface area contributed by atoms with Gasteiger partial charge in [0.25, 0.3) is 0 Å². The average Bonchev–Trinajstić information content (AvgIpc) is 2.78. The highest BCUT2D eigenvalue weighted by Crippen LogP contribution is 2.09. The van der Waals surface area contributed by atoms with Gasteiger partial charge in [-0.15, -0.1) is 0 Å². The lowest BCUT2D eigenvalue weighted by atomic mass is 10.2. The molecule has 0 amide bonds. The van der Waals surface area contributed by atoms with Crippen LogP contribution < -0.4 is 5.32 Å². The number of ether oxygens (including phenoxy) is 2. The molecule has 1 aromatic rings. The van der Waals surface area contributed by atoms with Gasteiger partial charge in [-0.25, -0.2) is 0 Å². The minimum atomic E-state index is 0.479. The van der Waals surface area contributed by atoms with E-state index in [0.29, 0.717) is 31.8 Å². The molecule has 0 spiro atoms. The summed E-state index contributed by atoms with van der Waals surface area (Å²) in [5.74, 6) is 1.44. The minimum absolute atomic E-state index is 0.479. The largest absolute Gasteiger partial charge is 0.467 e. The van der Waals surface area contributed by atoms with E-state index in [0.717, 1.165) is 24.5 Å². The highest BCUT2D eigenvalue weighted by molar-refractivity contribution is 5.12. The van der Waals surface area contributed by atoms with Crippen molar-refractivity contribution in [3.8, 4) is 0 Å². The lowest BCUT2D eigenvalue weighted by Gasteiger charge is -2.06. The van der Waals surface area contributed by atoms with Crippen LogP contribution in [-0.4, -0.2) is 25.9 Å². The van der Waals surface area contributed by atoms with Gasteiger partial charge in [0.1, 0.15) is 12.4 Å². The second kappa shape index (κ2) is 9.13. The van der Waals surface area contributed by atoms with Crippen LogP contribution in [0.5, 0.6) is 0 Å². The van der Waals surface area contributed by atoms with Crippen LogP contribution in [0, 0.1) is 5.92 Å². The van der Waals surface area contributed by atoms with E-state index >= 15 is 0 Å². The number of hydrogen-bond donors (Lipinski definition) is 1. The number of hydrogen-bond acceptors (Lipinski definition) is 4. The zero-order valence-electron chi connectivity index (χ0n) is 12.6. The molecule has 0 bridgehead atoms. The molecule has 0 aromatic carbocycles. The predicted octanol–water partition coefficient (Wildman–Crippen LogP) is 2.97. The lowest BCUT2D eigenvalue weighted by molar-refractivity contribution is 0.0264. The van der Waals surface area contributed by atoms with E-state index in [4.69, 9.17) is 13.9 Å². The molecule has 0 saturated carbocycles. The van der Waals surface area contributed by atoms with E-state index < -0.39 is 0 Å². The van der Waals surface area contributed by atoms with E-state index in [2.05, 4.69) is 33.0 Å². The molecule has 0 atom stereocenters. The zero-order valence-corrected chi connectivity index (χ0v) is 12.6. The minimum Gasteiger partial charge on any atom is -0.467 e. The normalized spacial score (nSPS) is 11.7. The molecule has 1 aromatic heterocycles. The fourth-order valence-electron chi connectivity index (χ4n) is 1.53. The summed E-state index contributed by atoms with van der Waals surface area (Å²) in [5.41, 5.74) is 1.16. The molecule has 4 heteroatoms. The van der Waals surface area contributed by atoms with Gasteiger partial charge in [0, 0.05) is 24.8 Å². The summed E-state index contributed by atoms with van der Waals surface area (Å²) < 4.78 is 16.4. The van der Waals surface area contributed by atoms with Gasteiger partial charge in [-0.05, 0) is 12.0 Å². The van der Waals surface area contributed by atoms with Crippen LogP contribution in [0.3, 0.4) is 0 Å². The Balaban J connectivity index is 2.09. The number of furan rings is 1. The molecule has 0 fully saturated rings. The molecule has 4 nitrogen and oxygen atoms in total. The maximum atomic E-state index is 5.50. The van der Waals surface area contributed by atoms with Crippen LogP contribution in [0.4, 0.5) is 0 Å². The monoisotopic (exact) mass is 269 g/mol. The summed E-state index contributed by atoms with van der Waals surface area (Å²) in [5, 5.41) is 3.35. The molecule has 0 unspecified atom stereocenters. The van der Waals surface area contributed by atoms with Gasteiger partial charge in [-0.3, -0.25) is 0 Å². The van der Waals surface area contributed by atoms with E-state index in [1.54, 1.807) is 6.26 Å². The molecule has 0 saturated heterocycles. The van der Waals surface area contributed by atoms with Gasteiger partial charge in [0.05, 0.1) is 19.5 Å². The summed E-state index contributed by atoms with van der Waals surface area (Å²) in [4.78, 5) is 0.